The van der Waals surface area contributed by atoms with Crippen LogP contribution in [0.3, 0.4) is 0 Å². The number of nitrogens with zero attached hydrogens (tertiary/aromatic N) is 2. The predicted molar refractivity (Wildman–Crippen MR) is 87.1 cm³/mol. The number of amides is 1. The molecule has 0 unspecified atom stereocenters. The van der Waals surface area contributed by atoms with Crippen molar-refractivity contribution in [3.8, 4) is 0 Å². The van der Waals surface area contributed by atoms with Gasteiger partial charge in [0.1, 0.15) is 5.82 Å². The van der Waals surface area contributed by atoms with E-state index in [1.165, 1.54) is 23.9 Å². The average molecular weight is 335 g/mol. The first-order valence-corrected chi connectivity index (χ1v) is 8.49. The third kappa shape index (κ3) is 4.56. The van der Waals surface area contributed by atoms with Crippen LogP contribution in [0.2, 0.25) is 0 Å². The van der Waals surface area contributed by atoms with Gasteiger partial charge in [0.15, 0.2) is 0 Å². The Hall–Kier alpha value is -1.86. The van der Waals surface area contributed by atoms with Gasteiger partial charge in [0.25, 0.3) is 0 Å². The maximum atomic E-state index is 12.8. The Morgan fingerprint density at radius 2 is 2.09 bits per heavy atom. The van der Waals surface area contributed by atoms with E-state index in [1.54, 1.807) is 18.3 Å². The summed E-state index contributed by atoms with van der Waals surface area (Å²) in [5.74, 6) is -0.112. The second-order valence-electron chi connectivity index (χ2n) is 5.34. The molecule has 0 aliphatic carbocycles. The highest BCUT2D eigenvalue weighted by molar-refractivity contribution is 8.00. The van der Waals surface area contributed by atoms with E-state index in [-0.39, 0.29) is 17.5 Å². The van der Waals surface area contributed by atoms with E-state index in [9.17, 15) is 9.18 Å². The minimum atomic E-state index is -0.278. The van der Waals surface area contributed by atoms with Crippen LogP contribution in [0, 0.1) is 5.82 Å². The van der Waals surface area contributed by atoms with Crippen molar-refractivity contribution < 1.29 is 13.9 Å². The summed E-state index contributed by atoms with van der Waals surface area (Å²) in [4.78, 5) is 12.8. The number of rotatable bonds is 5. The first-order valence-electron chi connectivity index (χ1n) is 7.51. The van der Waals surface area contributed by atoms with Gasteiger partial charge in [-0.25, -0.2) is 4.39 Å². The van der Waals surface area contributed by atoms with Crippen molar-refractivity contribution in [3.05, 3.63) is 42.5 Å². The van der Waals surface area contributed by atoms with E-state index in [0.29, 0.717) is 11.7 Å². The van der Waals surface area contributed by atoms with Crippen molar-refractivity contribution in [3.63, 3.8) is 0 Å². The van der Waals surface area contributed by atoms with Crippen LogP contribution in [0.25, 0.3) is 0 Å². The fourth-order valence-electron chi connectivity index (χ4n) is 2.43. The van der Waals surface area contributed by atoms with Gasteiger partial charge in [-0.05, 0) is 37.1 Å². The molecule has 1 fully saturated rings. The third-order valence-corrected chi connectivity index (χ3v) is 4.65. The van der Waals surface area contributed by atoms with Crippen LogP contribution in [-0.4, -0.2) is 34.7 Å². The Kier molecular flexibility index (Phi) is 5.30. The Balaban J connectivity index is 1.49. The van der Waals surface area contributed by atoms with Crippen LogP contribution >= 0.6 is 11.8 Å². The first kappa shape index (κ1) is 16.0. The zero-order valence-electron chi connectivity index (χ0n) is 12.6. The summed E-state index contributed by atoms with van der Waals surface area (Å²) >= 11 is 1.37. The molecule has 1 aliphatic heterocycles. The molecular formula is C16H18FN3O2S. The molecule has 1 aromatic carbocycles. The van der Waals surface area contributed by atoms with Gasteiger partial charge in [-0.3, -0.25) is 9.48 Å². The molecule has 23 heavy (non-hydrogen) atoms. The lowest BCUT2D eigenvalue weighted by Gasteiger charge is -2.22. The normalized spacial score (nSPS) is 15.5. The molecular weight excluding hydrogens is 317 g/mol. The molecule has 0 saturated carbocycles. The van der Waals surface area contributed by atoms with E-state index >= 15 is 0 Å². The van der Waals surface area contributed by atoms with Crippen LogP contribution in [0.15, 0.2) is 41.6 Å². The van der Waals surface area contributed by atoms with Gasteiger partial charge >= 0.3 is 0 Å². The smallest absolute Gasteiger partial charge is 0.234 e. The lowest BCUT2D eigenvalue weighted by Crippen LogP contribution is -2.20. The second-order valence-corrected chi connectivity index (χ2v) is 6.39. The lowest BCUT2D eigenvalue weighted by molar-refractivity contribution is -0.113. The maximum absolute atomic E-state index is 12.8. The number of hydrogen-bond acceptors (Lipinski definition) is 4. The lowest BCUT2D eigenvalue weighted by atomic mass is 10.1. The fourth-order valence-corrected chi connectivity index (χ4v) is 3.13. The van der Waals surface area contributed by atoms with Crippen molar-refractivity contribution in [2.24, 2.45) is 0 Å². The summed E-state index contributed by atoms with van der Waals surface area (Å²) < 4.78 is 20.1. The number of carbonyl (C=O) groups is 1. The summed E-state index contributed by atoms with van der Waals surface area (Å²) in [5.41, 5.74) is 0.696. The van der Waals surface area contributed by atoms with Crippen LogP contribution in [0.5, 0.6) is 0 Å². The molecule has 0 radical (unpaired) electrons. The molecule has 0 spiro atoms. The second kappa shape index (κ2) is 7.61. The monoisotopic (exact) mass is 335 g/mol. The number of thioether (sulfide) groups is 1. The molecule has 1 saturated heterocycles. The minimum Gasteiger partial charge on any atom is -0.381 e. The topological polar surface area (TPSA) is 56.2 Å². The molecule has 3 rings (SSSR count). The molecule has 7 heteroatoms. The van der Waals surface area contributed by atoms with E-state index in [2.05, 4.69) is 10.4 Å². The van der Waals surface area contributed by atoms with Gasteiger partial charge in [0.05, 0.1) is 23.7 Å². The molecule has 1 aromatic heterocycles. The van der Waals surface area contributed by atoms with Gasteiger partial charge in [-0.2, -0.15) is 5.10 Å². The molecule has 1 N–H and O–H groups in total. The van der Waals surface area contributed by atoms with Crippen molar-refractivity contribution in [2.45, 2.75) is 23.8 Å². The highest BCUT2D eigenvalue weighted by atomic mass is 32.2. The van der Waals surface area contributed by atoms with Gasteiger partial charge in [0, 0.05) is 24.3 Å². The SMILES string of the molecule is O=C(CSc1ccc(F)cc1)Nc1cnn(C2CCOCC2)c1. The zero-order valence-corrected chi connectivity index (χ0v) is 13.4. The molecule has 2 heterocycles. The summed E-state index contributed by atoms with van der Waals surface area (Å²) in [5, 5.41) is 7.15. The zero-order chi connectivity index (χ0) is 16.1. The van der Waals surface area contributed by atoms with Crippen LogP contribution in [0.4, 0.5) is 10.1 Å². The van der Waals surface area contributed by atoms with Crippen LogP contribution in [-0.2, 0) is 9.53 Å². The molecule has 5 nitrogen and oxygen atoms in total. The predicted octanol–water partition coefficient (Wildman–Crippen LogP) is 3.10. The average Bonchev–Trinajstić information content (AvgIpc) is 3.04. The van der Waals surface area contributed by atoms with Gasteiger partial charge in [-0.1, -0.05) is 0 Å². The Bertz CT molecular complexity index is 654. The summed E-state index contributed by atoms with van der Waals surface area (Å²) in [7, 11) is 0. The molecule has 0 atom stereocenters. The summed E-state index contributed by atoms with van der Waals surface area (Å²) in [6.45, 7) is 1.50. The first-order chi connectivity index (χ1) is 11.2. The largest absolute Gasteiger partial charge is 0.381 e. The van der Waals surface area contributed by atoms with Crippen LogP contribution < -0.4 is 5.32 Å². The number of hydrogen-bond donors (Lipinski definition) is 1. The molecule has 1 amide bonds. The quantitative estimate of drug-likeness (QED) is 0.853. The molecule has 0 bridgehead atoms. The van der Waals surface area contributed by atoms with Crippen LogP contribution in [0.1, 0.15) is 18.9 Å². The summed E-state index contributed by atoms with van der Waals surface area (Å²) in [6, 6.07) is 6.44. The number of halogens is 1. The molecule has 2 aromatic rings. The van der Waals surface area contributed by atoms with E-state index in [1.807, 2.05) is 10.9 Å². The standard InChI is InChI=1S/C16H18FN3O2S/c17-12-1-3-15(4-2-12)23-11-16(21)19-13-9-18-20(10-13)14-5-7-22-8-6-14/h1-4,9-10,14H,5-8,11H2,(H,19,21). The highest BCUT2D eigenvalue weighted by Gasteiger charge is 2.16. The fraction of sp³-hybridized carbons (Fsp3) is 0.375. The Morgan fingerprint density at radius 3 is 2.83 bits per heavy atom. The van der Waals surface area contributed by atoms with Crippen molar-refractivity contribution >= 4 is 23.4 Å². The van der Waals surface area contributed by atoms with Crippen molar-refractivity contribution in [1.29, 1.82) is 0 Å². The van der Waals surface area contributed by atoms with Crippen molar-refractivity contribution in [1.82, 2.24) is 9.78 Å². The molecule has 1 aliphatic rings. The molecule has 122 valence electrons. The maximum Gasteiger partial charge on any atom is 0.234 e. The number of carbonyl (C=O) groups excluding carboxylic acids is 1. The summed E-state index contributed by atoms with van der Waals surface area (Å²) in [6.07, 6.45) is 5.40. The Labute approximate surface area is 138 Å². The number of ether oxygens (including phenoxy) is 1. The van der Waals surface area contributed by atoms with E-state index in [0.717, 1.165) is 31.0 Å². The van der Waals surface area contributed by atoms with E-state index in [4.69, 9.17) is 4.74 Å². The van der Waals surface area contributed by atoms with E-state index < -0.39 is 0 Å². The minimum absolute atomic E-state index is 0.106. The van der Waals surface area contributed by atoms with Gasteiger partial charge in [0.2, 0.25) is 5.91 Å². The Morgan fingerprint density at radius 1 is 1.35 bits per heavy atom. The third-order valence-electron chi connectivity index (χ3n) is 3.63. The van der Waals surface area contributed by atoms with Gasteiger partial charge < -0.3 is 10.1 Å². The van der Waals surface area contributed by atoms with Crippen molar-refractivity contribution in [2.75, 3.05) is 24.3 Å². The number of anilines is 1. The highest BCUT2D eigenvalue weighted by Crippen LogP contribution is 2.22. The number of nitrogens with one attached hydrogen (secondary N) is 1. The number of benzene rings is 1. The van der Waals surface area contributed by atoms with Gasteiger partial charge in [-0.15, -0.1) is 11.8 Å². The number of aromatic nitrogens is 2.